The Bertz CT molecular complexity index is 484. The fraction of sp³-hybridized carbons (Fsp3) is 0.500. The molecule has 2 rings (SSSR count). The van der Waals surface area contributed by atoms with E-state index >= 15 is 0 Å². The molecule has 0 bridgehead atoms. The Kier molecular flexibility index (Phi) is 6.64. The summed E-state index contributed by atoms with van der Waals surface area (Å²) in [5.41, 5.74) is 0.871. The molecular weight excluding hydrogens is 348 g/mol. The quantitative estimate of drug-likeness (QED) is 0.761. The van der Waals surface area contributed by atoms with E-state index in [1.54, 1.807) is 0 Å². The highest BCUT2D eigenvalue weighted by Gasteiger charge is 2.15. The molecule has 0 radical (unpaired) electrons. The maximum Gasteiger partial charge on any atom is 0.226 e. The first-order valence-electron chi connectivity index (χ1n) is 7.50. The van der Waals surface area contributed by atoms with Crippen LogP contribution < -0.4 is 10.6 Å². The van der Waals surface area contributed by atoms with Crippen LogP contribution in [0, 0.1) is 5.92 Å². The van der Waals surface area contributed by atoms with Gasteiger partial charge in [-0.15, -0.1) is 0 Å². The van der Waals surface area contributed by atoms with Crippen molar-refractivity contribution in [1.29, 1.82) is 0 Å². The number of carbonyl (C=O) groups excluding carboxylic acids is 1. The highest BCUT2D eigenvalue weighted by molar-refractivity contribution is 9.10. The van der Waals surface area contributed by atoms with Crippen molar-refractivity contribution in [3.8, 4) is 0 Å². The van der Waals surface area contributed by atoms with Crippen molar-refractivity contribution >= 4 is 44.9 Å². The predicted molar refractivity (Wildman–Crippen MR) is 94.3 cm³/mol. The van der Waals surface area contributed by atoms with Gasteiger partial charge in [0, 0.05) is 16.6 Å². The van der Waals surface area contributed by atoms with E-state index in [4.69, 9.17) is 12.2 Å². The second kappa shape index (κ2) is 8.49. The first-order chi connectivity index (χ1) is 10.1. The first-order valence-corrected chi connectivity index (χ1v) is 8.70. The number of hydrogen-bond donors (Lipinski definition) is 2. The van der Waals surface area contributed by atoms with E-state index in [0.717, 1.165) is 22.5 Å². The molecule has 5 heteroatoms. The molecule has 1 fully saturated rings. The Labute approximate surface area is 140 Å². The number of halogens is 1. The van der Waals surface area contributed by atoms with E-state index in [9.17, 15) is 4.79 Å². The Morgan fingerprint density at radius 3 is 2.52 bits per heavy atom. The molecule has 1 aromatic carbocycles. The molecule has 0 aromatic heterocycles. The SMILES string of the molecule is O=C(CCC1CCCCC1)NC(=S)Nc1ccc(Br)cc1. The van der Waals surface area contributed by atoms with Gasteiger partial charge in [-0.25, -0.2) is 0 Å². The first kappa shape index (κ1) is 16.4. The van der Waals surface area contributed by atoms with Crippen LogP contribution in [0.15, 0.2) is 28.7 Å². The van der Waals surface area contributed by atoms with E-state index in [1.807, 2.05) is 24.3 Å². The molecule has 1 saturated carbocycles. The van der Waals surface area contributed by atoms with Gasteiger partial charge < -0.3 is 10.6 Å². The summed E-state index contributed by atoms with van der Waals surface area (Å²) in [6, 6.07) is 7.67. The molecular formula is C16H21BrN2OS. The fourth-order valence-corrected chi connectivity index (χ4v) is 3.19. The van der Waals surface area contributed by atoms with Gasteiger partial charge in [-0.05, 0) is 48.8 Å². The minimum Gasteiger partial charge on any atom is -0.332 e. The van der Waals surface area contributed by atoms with Crippen molar-refractivity contribution in [3.63, 3.8) is 0 Å². The van der Waals surface area contributed by atoms with Gasteiger partial charge in [-0.2, -0.15) is 0 Å². The smallest absolute Gasteiger partial charge is 0.226 e. The van der Waals surface area contributed by atoms with E-state index in [-0.39, 0.29) is 5.91 Å². The van der Waals surface area contributed by atoms with Crippen molar-refractivity contribution in [1.82, 2.24) is 5.32 Å². The number of hydrogen-bond acceptors (Lipinski definition) is 2. The second-order valence-electron chi connectivity index (χ2n) is 5.55. The molecule has 21 heavy (non-hydrogen) atoms. The fourth-order valence-electron chi connectivity index (χ4n) is 2.70. The van der Waals surface area contributed by atoms with Crippen LogP contribution in [0.2, 0.25) is 0 Å². The molecule has 3 nitrogen and oxygen atoms in total. The Hall–Kier alpha value is -0.940. The molecule has 2 N–H and O–H groups in total. The number of benzene rings is 1. The molecule has 114 valence electrons. The number of thiocarbonyl (C=S) groups is 1. The number of nitrogens with one attached hydrogen (secondary N) is 2. The minimum atomic E-state index is 0.00943. The van der Waals surface area contributed by atoms with Crippen LogP contribution in [0.25, 0.3) is 0 Å². The molecule has 0 heterocycles. The summed E-state index contributed by atoms with van der Waals surface area (Å²) in [5.74, 6) is 0.729. The molecule has 1 aliphatic carbocycles. The van der Waals surface area contributed by atoms with E-state index in [0.29, 0.717) is 11.5 Å². The largest absolute Gasteiger partial charge is 0.332 e. The summed E-state index contributed by atoms with van der Waals surface area (Å²) < 4.78 is 1.01. The third-order valence-corrected chi connectivity index (χ3v) is 4.59. The number of anilines is 1. The second-order valence-corrected chi connectivity index (χ2v) is 6.88. The molecule has 1 aliphatic rings. The van der Waals surface area contributed by atoms with Crippen molar-refractivity contribution in [2.45, 2.75) is 44.9 Å². The van der Waals surface area contributed by atoms with Gasteiger partial charge in [0.2, 0.25) is 5.91 Å². The number of rotatable bonds is 4. The highest BCUT2D eigenvalue weighted by atomic mass is 79.9. The predicted octanol–water partition coefficient (Wildman–Crippen LogP) is 4.62. The monoisotopic (exact) mass is 368 g/mol. The van der Waals surface area contributed by atoms with Gasteiger partial charge in [0.15, 0.2) is 5.11 Å². The topological polar surface area (TPSA) is 41.1 Å². The van der Waals surface area contributed by atoms with Crippen molar-refractivity contribution in [3.05, 3.63) is 28.7 Å². The van der Waals surface area contributed by atoms with Crippen molar-refractivity contribution in [2.75, 3.05) is 5.32 Å². The number of amides is 1. The van der Waals surface area contributed by atoms with Crippen LogP contribution in [-0.2, 0) is 4.79 Å². The normalized spacial score (nSPS) is 15.5. The lowest BCUT2D eigenvalue weighted by atomic mass is 9.86. The van der Waals surface area contributed by atoms with Crippen LogP contribution in [-0.4, -0.2) is 11.0 Å². The van der Waals surface area contributed by atoms with Crippen LogP contribution in [0.5, 0.6) is 0 Å². The summed E-state index contributed by atoms with van der Waals surface area (Å²) in [7, 11) is 0. The summed E-state index contributed by atoms with van der Waals surface area (Å²) in [6.07, 6.45) is 8.07. The lowest BCUT2D eigenvalue weighted by Crippen LogP contribution is -2.34. The lowest BCUT2D eigenvalue weighted by Gasteiger charge is -2.21. The Morgan fingerprint density at radius 1 is 1.19 bits per heavy atom. The average molecular weight is 369 g/mol. The van der Waals surface area contributed by atoms with Crippen LogP contribution in [0.4, 0.5) is 5.69 Å². The third-order valence-electron chi connectivity index (χ3n) is 3.86. The van der Waals surface area contributed by atoms with Gasteiger partial charge in [0.05, 0.1) is 0 Å². The summed E-state index contributed by atoms with van der Waals surface area (Å²) in [6.45, 7) is 0. The van der Waals surface area contributed by atoms with E-state index in [2.05, 4.69) is 26.6 Å². The Balaban J connectivity index is 1.69. The van der Waals surface area contributed by atoms with Gasteiger partial charge in [0.25, 0.3) is 0 Å². The summed E-state index contributed by atoms with van der Waals surface area (Å²) in [4.78, 5) is 11.9. The van der Waals surface area contributed by atoms with Gasteiger partial charge >= 0.3 is 0 Å². The average Bonchev–Trinajstić information content (AvgIpc) is 2.48. The molecule has 0 saturated heterocycles. The minimum absolute atomic E-state index is 0.00943. The molecule has 1 amide bonds. The van der Waals surface area contributed by atoms with Crippen molar-refractivity contribution < 1.29 is 4.79 Å². The van der Waals surface area contributed by atoms with E-state index < -0.39 is 0 Å². The zero-order chi connectivity index (χ0) is 15.1. The molecule has 0 aliphatic heterocycles. The van der Waals surface area contributed by atoms with Gasteiger partial charge in [-0.3, -0.25) is 4.79 Å². The van der Waals surface area contributed by atoms with Crippen LogP contribution in [0.1, 0.15) is 44.9 Å². The summed E-state index contributed by atoms with van der Waals surface area (Å²) >= 11 is 8.54. The number of carbonyl (C=O) groups is 1. The zero-order valence-corrected chi connectivity index (χ0v) is 14.4. The molecule has 0 atom stereocenters. The molecule has 0 unspecified atom stereocenters. The highest BCUT2D eigenvalue weighted by Crippen LogP contribution is 2.27. The Morgan fingerprint density at radius 2 is 1.86 bits per heavy atom. The maximum absolute atomic E-state index is 11.9. The van der Waals surface area contributed by atoms with Crippen LogP contribution in [0.3, 0.4) is 0 Å². The zero-order valence-electron chi connectivity index (χ0n) is 12.0. The van der Waals surface area contributed by atoms with Crippen molar-refractivity contribution in [2.24, 2.45) is 5.92 Å². The van der Waals surface area contributed by atoms with E-state index in [1.165, 1.54) is 32.1 Å². The standard InChI is InChI=1S/C16H21BrN2OS/c17-13-7-9-14(10-8-13)18-16(21)19-15(20)11-6-12-4-2-1-3-5-12/h7-10,12H,1-6,11H2,(H2,18,19,20,21). The third kappa shape index (κ3) is 6.14. The van der Waals surface area contributed by atoms with Crippen LogP contribution >= 0.6 is 28.1 Å². The van der Waals surface area contributed by atoms with Gasteiger partial charge in [0.1, 0.15) is 0 Å². The summed E-state index contributed by atoms with van der Waals surface area (Å²) in [5, 5.41) is 6.14. The maximum atomic E-state index is 11.9. The molecule has 0 spiro atoms. The molecule has 1 aromatic rings. The lowest BCUT2D eigenvalue weighted by molar-refractivity contribution is -0.120. The van der Waals surface area contributed by atoms with Gasteiger partial charge in [-0.1, -0.05) is 48.0 Å².